The highest BCUT2D eigenvalue weighted by molar-refractivity contribution is 6.02. The van der Waals surface area contributed by atoms with Gasteiger partial charge in [0.25, 0.3) is 11.8 Å². The molecule has 30 heavy (non-hydrogen) atoms. The van der Waals surface area contributed by atoms with Crippen molar-refractivity contribution in [2.45, 2.75) is 13.2 Å². The molecule has 3 rings (SSSR count). The Morgan fingerprint density at radius 2 is 1.87 bits per heavy atom. The molecule has 2 aromatic carbocycles. The lowest BCUT2D eigenvalue weighted by atomic mass is 10.2. The summed E-state index contributed by atoms with van der Waals surface area (Å²) < 4.78 is 39.7. The van der Waals surface area contributed by atoms with Crippen molar-refractivity contribution in [1.82, 2.24) is 5.32 Å². The third-order valence-corrected chi connectivity index (χ3v) is 3.87. The highest BCUT2D eigenvalue weighted by Gasteiger charge is 2.11. The minimum atomic E-state index is -2.95. The van der Waals surface area contributed by atoms with Crippen LogP contribution < -0.4 is 20.1 Å². The number of amides is 2. The fraction of sp³-hybridized carbons (Fsp3) is 0.143. The smallest absolute Gasteiger partial charge is 0.387 e. The highest BCUT2D eigenvalue weighted by atomic mass is 19.3. The van der Waals surface area contributed by atoms with Crippen LogP contribution in [0.1, 0.15) is 16.1 Å². The predicted octanol–water partition coefficient (Wildman–Crippen LogP) is 3.83. The summed E-state index contributed by atoms with van der Waals surface area (Å²) in [5.74, 6) is -0.346. The molecule has 0 bridgehead atoms. The number of rotatable bonds is 9. The topological polar surface area (TPSA) is 89.8 Å². The Morgan fingerprint density at radius 3 is 2.63 bits per heavy atom. The molecule has 0 saturated heterocycles. The molecular weight excluding hydrogens is 398 g/mol. The van der Waals surface area contributed by atoms with Crippen molar-refractivity contribution >= 4 is 17.5 Å². The third-order valence-electron chi connectivity index (χ3n) is 3.87. The van der Waals surface area contributed by atoms with Gasteiger partial charge in [-0.05, 0) is 30.3 Å². The first kappa shape index (κ1) is 20.8. The number of anilines is 1. The Balaban J connectivity index is 1.50. The molecule has 0 radical (unpaired) electrons. The van der Waals surface area contributed by atoms with Crippen molar-refractivity contribution in [3.63, 3.8) is 0 Å². The summed E-state index contributed by atoms with van der Waals surface area (Å²) >= 11 is 0. The molecule has 0 fully saturated rings. The zero-order valence-corrected chi connectivity index (χ0v) is 15.6. The van der Waals surface area contributed by atoms with Gasteiger partial charge in [-0.1, -0.05) is 24.3 Å². The van der Waals surface area contributed by atoms with E-state index in [0.29, 0.717) is 17.0 Å². The van der Waals surface area contributed by atoms with Crippen molar-refractivity contribution in [3.8, 4) is 11.5 Å². The Labute approximate surface area is 170 Å². The summed E-state index contributed by atoms with van der Waals surface area (Å²) in [7, 11) is 0. The predicted molar refractivity (Wildman–Crippen MR) is 104 cm³/mol. The van der Waals surface area contributed by atoms with Crippen LogP contribution in [0.25, 0.3) is 0 Å². The molecule has 3 aromatic rings. The Morgan fingerprint density at radius 1 is 1.03 bits per heavy atom. The van der Waals surface area contributed by atoms with Crippen molar-refractivity contribution in [2.75, 3.05) is 11.9 Å². The minimum absolute atomic E-state index is 0.00430. The van der Waals surface area contributed by atoms with E-state index in [1.165, 1.54) is 18.4 Å². The number of hydrogen-bond acceptors (Lipinski definition) is 5. The van der Waals surface area contributed by atoms with Crippen LogP contribution in [0.4, 0.5) is 14.5 Å². The maximum Gasteiger partial charge on any atom is 0.387 e. The summed E-state index contributed by atoms with van der Waals surface area (Å²) in [5, 5.41) is 5.23. The second-order valence-corrected chi connectivity index (χ2v) is 6.01. The molecule has 0 aliphatic carbocycles. The van der Waals surface area contributed by atoms with Crippen LogP contribution in [0.2, 0.25) is 0 Å². The normalized spacial score (nSPS) is 10.5. The lowest BCUT2D eigenvalue weighted by Gasteiger charge is -2.12. The number of ether oxygens (including phenoxy) is 2. The maximum atomic E-state index is 12.4. The average molecular weight is 416 g/mol. The standard InChI is InChI=1S/C21H18F2N2O5/c22-21(23)30-17-8-2-1-5-14(17)12-24-19(26)13-29-16-7-3-6-15(11-16)25-20(27)18-9-4-10-28-18/h1-11,21H,12-13H2,(H,24,26)(H,25,27). The number of para-hydroxylation sites is 1. The quantitative estimate of drug-likeness (QED) is 0.553. The van der Waals surface area contributed by atoms with Crippen LogP contribution in [0.3, 0.4) is 0 Å². The van der Waals surface area contributed by atoms with Gasteiger partial charge in [-0.3, -0.25) is 9.59 Å². The molecule has 2 amide bonds. The number of nitrogens with one attached hydrogen (secondary N) is 2. The van der Waals surface area contributed by atoms with Gasteiger partial charge in [-0.15, -0.1) is 0 Å². The molecule has 0 saturated carbocycles. The second-order valence-electron chi connectivity index (χ2n) is 6.01. The van der Waals surface area contributed by atoms with Crippen LogP contribution in [0, 0.1) is 0 Å². The van der Waals surface area contributed by atoms with E-state index in [4.69, 9.17) is 9.15 Å². The molecule has 0 aliphatic rings. The fourth-order valence-corrected chi connectivity index (χ4v) is 2.52. The summed E-state index contributed by atoms with van der Waals surface area (Å²) in [6, 6.07) is 15.8. The molecule has 2 N–H and O–H groups in total. The van der Waals surface area contributed by atoms with Gasteiger partial charge < -0.3 is 24.5 Å². The zero-order valence-electron chi connectivity index (χ0n) is 15.6. The van der Waals surface area contributed by atoms with E-state index in [-0.39, 0.29) is 24.7 Å². The van der Waals surface area contributed by atoms with Crippen LogP contribution >= 0.6 is 0 Å². The lowest BCUT2D eigenvalue weighted by molar-refractivity contribution is -0.123. The van der Waals surface area contributed by atoms with Crippen molar-refractivity contribution in [2.24, 2.45) is 0 Å². The molecule has 0 unspecified atom stereocenters. The minimum Gasteiger partial charge on any atom is -0.484 e. The Bertz CT molecular complexity index is 993. The van der Waals surface area contributed by atoms with Gasteiger partial charge in [0.05, 0.1) is 6.26 Å². The van der Waals surface area contributed by atoms with E-state index in [2.05, 4.69) is 15.4 Å². The third kappa shape index (κ3) is 6.06. The average Bonchev–Trinajstić information content (AvgIpc) is 3.27. The van der Waals surface area contributed by atoms with Gasteiger partial charge >= 0.3 is 6.61 Å². The van der Waals surface area contributed by atoms with Gasteiger partial charge in [0.15, 0.2) is 12.4 Å². The zero-order chi connectivity index (χ0) is 21.3. The van der Waals surface area contributed by atoms with Crippen molar-refractivity contribution in [3.05, 3.63) is 78.3 Å². The van der Waals surface area contributed by atoms with Crippen LogP contribution in [-0.4, -0.2) is 25.0 Å². The first-order chi connectivity index (χ1) is 14.5. The molecule has 0 atom stereocenters. The van der Waals surface area contributed by atoms with Crippen LogP contribution in [-0.2, 0) is 11.3 Å². The van der Waals surface area contributed by atoms with Gasteiger partial charge in [-0.25, -0.2) is 0 Å². The second kappa shape index (κ2) is 10.1. The van der Waals surface area contributed by atoms with Gasteiger partial charge in [0.1, 0.15) is 11.5 Å². The maximum absolute atomic E-state index is 12.4. The van der Waals surface area contributed by atoms with Crippen LogP contribution in [0.15, 0.2) is 71.3 Å². The number of carbonyl (C=O) groups is 2. The SMILES string of the molecule is O=C(COc1cccc(NC(=O)c2ccco2)c1)NCc1ccccc1OC(F)F. The first-order valence-electron chi connectivity index (χ1n) is 8.88. The van der Waals surface area contributed by atoms with Crippen molar-refractivity contribution in [1.29, 1.82) is 0 Å². The van der Waals surface area contributed by atoms with Crippen molar-refractivity contribution < 1.29 is 32.3 Å². The molecule has 1 heterocycles. The van der Waals surface area contributed by atoms with Crippen LogP contribution in [0.5, 0.6) is 11.5 Å². The van der Waals surface area contributed by atoms with Gasteiger partial charge in [0.2, 0.25) is 0 Å². The number of furan rings is 1. The van der Waals surface area contributed by atoms with E-state index in [1.54, 1.807) is 48.5 Å². The van der Waals surface area contributed by atoms with E-state index in [0.717, 1.165) is 0 Å². The summed E-state index contributed by atoms with van der Waals surface area (Å²) in [5.41, 5.74) is 0.876. The summed E-state index contributed by atoms with van der Waals surface area (Å²) in [6.45, 7) is -3.25. The summed E-state index contributed by atoms with van der Waals surface area (Å²) in [4.78, 5) is 24.0. The van der Waals surface area contributed by atoms with Gasteiger partial charge in [0, 0.05) is 23.9 Å². The Hall–Kier alpha value is -3.88. The van der Waals surface area contributed by atoms with E-state index in [9.17, 15) is 18.4 Å². The monoisotopic (exact) mass is 416 g/mol. The number of hydrogen-bond donors (Lipinski definition) is 2. The molecule has 1 aromatic heterocycles. The highest BCUT2D eigenvalue weighted by Crippen LogP contribution is 2.20. The Kier molecular flexibility index (Phi) is 6.99. The molecule has 0 spiro atoms. The molecule has 7 nitrogen and oxygen atoms in total. The molecule has 156 valence electrons. The van der Waals surface area contributed by atoms with Gasteiger partial charge in [-0.2, -0.15) is 8.78 Å². The van der Waals surface area contributed by atoms with E-state index in [1.807, 2.05) is 0 Å². The number of benzene rings is 2. The number of halogens is 2. The molecular formula is C21H18F2N2O5. The van der Waals surface area contributed by atoms with E-state index < -0.39 is 18.4 Å². The summed E-state index contributed by atoms with van der Waals surface area (Å²) in [6.07, 6.45) is 1.39. The van der Waals surface area contributed by atoms with E-state index >= 15 is 0 Å². The number of alkyl halides is 2. The number of carbonyl (C=O) groups excluding carboxylic acids is 2. The largest absolute Gasteiger partial charge is 0.484 e. The first-order valence-corrected chi connectivity index (χ1v) is 8.88. The molecule has 9 heteroatoms. The lowest BCUT2D eigenvalue weighted by Crippen LogP contribution is -2.28. The fourth-order valence-electron chi connectivity index (χ4n) is 2.52. The molecule has 0 aliphatic heterocycles.